The van der Waals surface area contributed by atoms with Crippen molar-refractivity contribution in [2.75, 3.05) is 0 Å². The van der Waals surface area contributed by atoms with Gasteiger partial charge in [0.15, 0.2) is 5.65 Å². The minimum atomic E-state index is 0.673. The summed E-state index contributed by atoms with van der Waals surface area (Å²) in [4.78, 5) is 12.5. The minimum Gasteiger partial charge on any atom is -0.338 e. The van der Waals surface area contributed by atoms with Crippen LogP contribution in [0.1, 0.15) is 0 Å². The van der Waals surface area contributed by atoms with Gasteiger partial charge in [-0.1, -0.05) is 29.8 Å². The SMILES string of the molecule is Clc1ccc2nc3c(nc2c1)[nH]c1ccccc13. The number of benzene rings is 2. The number of hydrogen-bond acceptors (Lipinski definition) is 2. The van der Waals surface area contributed by atoms with Crippen molar-refractivity contribution in [2.24, 2.45) is 0 Å². The molecule has 0 saturated carbocycles. The van der Waals surface area contributed by atoms with E-state index in [0.29, 0.717) is 5.02 Å². The van der Waals surface area contributed by atoms with E-state index >= 15 is 0 Å². The molecule has 0 aliphatic heterocycles. The maximum Gasteiger partial charge on any atom is 0.157 e. The zero-order chi connectivity index (χ0) is 12.1. The first-order valence-electron chi connectivity index (χ1n) is 5.65. The van der Waals surface area contributed by atoms with E-state index in [1.165, 1.54) is 0 Å². The van der Waals surface area contributed by atoms with Crippen molar-refractivity contribution in [3.63, 3.8) is 0 Å². The van der Waals surface area contributed by atoms with Gasteiger partial charge in [0.25, 0.3) is 0 Å². The van der Waals surface area contributed by atoms with Crippen LogP contribution in [0.25, 0.3) is 33.1 Å². The Labute approximate surface area is 107 Å². The molecule has 0 bridgehead atoms. The van der Waals surface area contributed by atoms with Gasteiger partial charge in [-0.15, -0.1) is 0 Å². The van der Waals surface area contributed by atoms with Crippen LogP contribution in [-0.2, 0) is 0 Å². The van der Waals surface area contributed by atoms with E-state index < -0.39 is 0 Å². The van der Waals surface area contributed by atoms with E-state index in [1.807, 2.05) is 42.5 Å². The second-order valence-corrected chi connectivity index (χ2v) is 4.66. The van der Waals surface area contributed by atoms with Crippen molar-refractivity contribution in [1.29, 1.82) is 0 Å². The number of nitrogens with zero attached hydrogens (tertiary/aromatic N) is 2. The molecule has 1 N–H and O–H groups in total. The molecule has 4 rings (SSSR count). The number of para-hydroxylation sites is 1. The number of aromatic nitrogens is 3. The van der Waals surface area contributed by atoms with Crippen LogP contribution in [-0.4, -0.2) is 15.0 Å². The largest absolute Gasteiger partial charge is 0.338 e. The van der Waals surface area contributed by atoms with Crippen molar-refractivity contribution in [3.8, 4) is 0 Å². The Morgan fingerprint density at radius 2 is 1.83 bits per heavy atom. The normalized spacial score (nSPS) is 11.6. The number of aromatic amines is 1. The summed E-state index contributed by atoms with van der Waals surface area (Å²) in [6, 6.07) is 13.6. The summed E-state index contributed by atoms with van der Waals surface area (Å²) in [5.74, 6) is 0. The minimum absolute atomic E-state index is 0.673. The van der Waals surface area contributed by atoms with E-state index in [-0.39, 0.29) is 0 Å². The van der Waals surface area contributed by atoms with Gasteiger partial charge < -0.3 is 4.98 Å². The highest BCUT2D eigenvalue weighted by Gasteiger charge is 2.08. The number of rotatable bonds is 0. The van der Waals surface area contributed by atoms with E-state index in [0.717, 1.165) is 33.1 Å². The Kier molecular flexibility index (Phi) is 1.88. The van der Waals surface area contributed by atoms with E-state index in [2.05, 4.69) is 15.0 Å². The Hall–Kier alpha value is -2.13. The van der Waals surface area contributed by atoms with Gasteiger partial charge in [0.05, 0.1) is 11.0 Å². The average Bonchev–Trinajstić information content (AvgIpc) is 2.73. The molecule has 0 amide bonds. The van der Waals surface area contributed by atoms with E-state index in [4.69, 9.17) is 11.6 Å². The standard InChI is InChI=1S/C14H8ClN3/c15-8-5-6-11-12(7-8)18-14-13(16-11)9-3-1-2-4-10(9)17-14/h1-7H,(H,17,18). The molecule has 0 saturated heterocycles. The second-order valence-electron chi connectivity index (χ2n) is 4.22. The third kappa shape index (κ3) is 1.31. The summed E-state index contributed by atoms with van der Waals surface area (Å²) in [7, 11) is 0. The van der Waals surface area contributed by atoms with Crippen LogP contribution in [0.15, 0.2) is 42.5 Å². The Morgan fingerprint density at radius 3 is 2.78 bits per heavy atom. The number of hydrogen-bond donors (Lipinski definition) is 1. The highest BCUT2D eigenvalue weighted by atomic mass is 35.5. The van der Waals surface area contributed by atoms with Gasteiger partial charge in [0, 0.05) is 15.9 Å². The zero-order valence-corrected chi connectivity index (χ0v) is 10.1. The molecule has 0 fully saturated rings. The summed E-state index contributed by atoms with van der Waals surface area (Å²) in [5, 5.41) is 1.77. The van der Waals surface area contributed by atoms with Crippen molar-refractivity contribution in [2.45, 2.75) is 0 Å². The zero-order valence-electron chi connectivity index (χ0n) is 9.31. The van der Waals surface area contributed by atoms with Gasteiger partial charge in [0.1, 0.15) is 5.52 Å². The van der Waals surface area contributed by atoms with Gasteiger partial charge in [-0.25, -0.2) is 9.97 Å². The molecule has 0 aliphatic carbocycles. The molecule has 18 heavy (non-hydrogen) atoms. The van der Waals surface area contributed by atoms with Crippen LogP contribution in [0.5, 0.6) is 0 Å². The molecule has 0 unspecified atom stereocenters. The molecule has 0 spiro atoms. The topological polar surface area (TPSA) is 41.6 Å². The lowest BCUT2D eigenvalue weighted by Gasteiger charge is -1.97. The molecule has 86 valence electrons. The molecule has 4 heteroatoms. The molecule has 4 aromatic rings. The van der Waals surface area contributed by atoms with Gasteiger partial charge >= 0.3 is 0 Å². The van der Waals surface area contributed by atoms with Crippen LogP contribution in [0.3, 0.4) is 0 Å². The van der Waals surface area contributed by atoms with E-state index in [1.54, 1.807) is 0 Å². The highest BCUT2D eigenvalue weighted by Crippen LogP contribution is 2.25. The first-order chi connectivity index (χ1) is 8.81. The molecule has 3 nitrogen and oxygen atoms in total. The molecule has 0 atom stereocenters. The number of nitrogens with one attached hydrogen (secondary N) is 1. The third-order valence-electron chi connectivity index (χ3n) is 3.06. The Balaban J connectivity index is 2.23. The predicted molar refractivity (Wildman–Crippen MR) is 73.9 cm³/mol. The summed E-state index contributed by atoms with van der Waals surface area (Å²) in [6.45, 7) is 0. The van der Waals surface area contributed by atoms with Crippen LogP contribution >= 0.6 is 11.6 Å². The van der Waals surface area contributed by atoms with Crippen LogP contribution in [0.4, 0.5) is 0 Å². The van der Waals surface area contributed by atoms with Crippen molar-refractivity contribution in [3.05, 3.63) is 47.5 Å². The summed E-state index contributed by atoms with van der Waals surface area (Å²) in [5.41, 5.74) is 4.42. The van der Waals surface area contributed by atoms with Gasteiger partial charge in [0.2, 0.25) is 0 Å². The van der Waals surface area contributed by atoms with Gasteiger partial charge in [-0.05, 0) is 24.3 Å². The molecule has 2 heterocycles. The van der Waals surface area contributed by atoms with Crippen molar-refractivity contribution >= 4 is 44.7 Å². The maximum atomic E-state index is 5.97. The fourth-order valence-corrected chi connectivity index (χ4v) is 2.39. The molecular formula is C14H8ClN3. The third-order valence-corrected chi connectivity index (χ3v) is 3.30. The molecule has 0 aliphatic rings. The maximum absolute atomic E-state index is 5.97. The lowest BCUT2D eigenvalue weighted by Crippen LogP contribution is -1.85. The van der Waals surface area contributed by atoms with Crippen molar-refractivity contribution in [1.82, 2.24) is 15.0 Å². The quantitative estimate of drug-likeness (QED) is 0.516. The monoisotopic (exact) mass is 253 g/mol. The smallest absolute Gasteiger partial charge is 0.157 e. The molecular weight excluding hydrogens is 246 g/mol. The average molecular weight is 254 g/mol. The van der Waals surface area contributed by atoms with E-state index in [9.17, 15) is 0 Å². The molecule has 2 aromatic heterocycles. The summed E-state index contributed by atoms with van der Waals surface area (Å²) >= 11 is 5.97. The predicted octanol–water partition coefficient (Wildman–Crippen LogP) is 3.92. The summed E-state index contributed by atoms with van der Waals surface area (Å²) < 4.78 is 0. The van der Waals surface area contributed by atoms with Crippen LogP contribution < -0.4 is 0 Å². The highest BCUT2D eigenvalue weighted by molar-refractivity contribution is 6.31. The second kappa shape index (κ2) is 3.43. The van der Waals surface area contributed by atoms with Gasteiger partial charge in [-0.3, -0.25) is 0 Å². The van der Waals surface area contributed by atoms with Crippen molar-refractivity contribution < 1.29 is 0 Å². The number of H-pyrrole nitrogens is 1. The fraction of sp³-hybridized carbons (Fsp3) is 0. The number of halogens is 1. The first-order valence-corrected chi connectivity index (χ1v) is 6.03. The Bertz CT molecular complexity index is 895. The van der Waals surface area contributed by atoms with Gasteiger partial charge in [-0.2, -0.15) is 0 Å². The van der Waals surface area contributed by atoms with Crippen LogP contribution in [0, 0.1) is 0 Å². The lowest BCUT2D eigenvalue weighted by atomic mass is 10.2. The fourth-order valence-electron chi connectivity index (χ4n) is 2.23. The lowest BCUT2D eigenvalue weighted by molar-refractivity contribution is 1.36. The van der Waals surface area contributed by atoms with Crippen LogP contribution in [0.2, 0.25) is 5.02 Å². The molecule has 2 aromatic carbocycles. The Morgan fingerprint density at radius 1 is 0.944 bits per heavy atom. The summed E-state index contributed by atoms with van der Waals surface area (Å²) in [6.07, 6.45) is 0. The first kappa shape index (κ1) is 9.85. The number of fused-ring (bicyclic) bond motifs is 4. The molecule has 0 radical (unpaired) electrons.